The Balaban J connectivity index is 1.64. The molecule has 9 nitrogen and oxygen atoms in total. The number of ether oxygens (including phenoxy) is 1. The van der Waals surface area contributed by atoms with Crippen LogP contribution in [-0.4, -0.2) is 66.5 Å². The summed E-state index contributed by atoms with van der Waals surface area (Å²) in [6, 6.07) is 13.2. The summed E-state index contributed by atoms with van der Waals surface area (Å²) < 4.78 is 29.5. The number of methoxy groups -OCH3 is 1. The van der Waals surface area contributed by atoms with E-state index in [1.54, 1.807) is 17.0 Å². The molecule has 0 atom stereocenters. The molecule has 1 aliphatic rings. The van der Waals surface area contributed by atoms with Crippen LogP contribution in [0.25, 0.3) is 22.5 Å². The van der Waals surface area contributed by atoms with Crippen molar-refractivity contribution in [1.29, 1.82) is 0 Å². The van der Waals surface area contributed by atoms with Crippen LogP contribution in [0, 0.1) is 0 Å². The van der Waals surface area contributed by atoms with Crippen molar-refractivity contribution in [2.24, 2.45) is 0 Å². The number of aromatic amines is 1. The third-order valence-corrected chi connectivity index (χ3v) is 6.77. The average molecular weight is 442 g/mol. The number of aromatic nitrogens is 4. The van der Waals surface area contributed by atoms with E-state index in [0.717, 1.165) is 24.0 Å². The molecule has 4 rings (SSSR count). The standard InChI is InChI=1S/C21H23N5O4S/c1-30-21(27)26-12-10-15(11-13-26)14-6-8-16(9-7-14)17-4-3-5-18(31(2,28)29)19(17)20-22-24-25-23-20/h3-9,15H,10-13H2,1-2H3,(H,22,23,24,25). The summed E-state index contributed by atoms with van der Waals surface area (Å²) in [5.41, 5.74) is 3.24. The first-order valence-electron chi connectivity index (χ1n) is 9.89. The molecule has 0 radical (unpaired) electrons. The highest BCUT2D eigenvalue weighted by Crippen LogP contribution is 2.36. The lowest BCUT2D eigenvalue weighted by Crippen LogP contribution is -2.37. The lowest BCUT2D eigenvalue weighted by Gasteiger charge is -2.31. The Kier molecular flexibility index (Phi) is 5.73. The first kappa shape index (κ1) is 21.0. The molecule has 0 unspecified atom stereocenters. The first-order chi connectivity index (χ1) is 14.9. The second kappa shape index (κ2) is 8.46. The molecule has 0 saturated carbocycles. The molecule has 2 aromatic carbocycles. The molecule has 0 spiro atoms. The van der Waals surface area contributed by atoms with Gasteiger partial charge in [-0.3, -0.25) is 0 Å². The minimum atomic E-state index is -3.49. The zero-order chi connectivity index (χ0) is 22.0. The SMILES string of the molecule is COC(=O)N1CCC(c2ccc(-c3cccc(S(C)(=O)=O)c3-c3nnn[nH]3)cc2)CC1. The van der Waals surface area contributed by atoms with Gasteiger partial charge in [0.2, 0.25) is 0 Å². The summed E-state index contributed by atoms with van der Waals surface area (Å²) in [6.45, 7) is 1.33. The number of H-pyrrole nitrogens is 1. The highest BCUT2D eigenvalue weighted by molar-refractivity contribution is 7.90. The van der Waals surface area contributed by atoms with E-state index in [1.165, 1.54) is 18.9 Å². The number of nitrogens with zero attached hydrogens (tertiary/aromatic N) is 4. The predicted molar refractivity (Wildman–Crippen MR) is 114 cm³/mol. The normalized spacial score (nSPS) is 15.1. The van der Waals surface area contributed by atoms with Gasteiger partial charge in [0, 0.05) is 24.9 Å². The van der Waals surface area contributed by atoms with Gasteiger partial charge in [-0.2, -0.15) is 0 Å². The summed E-state index contributed by atoms with van der Waals surface area (Å²) in [4.78, 5) is 13.6. The number of hydrogen-bond donors (Lipinski definition) is 1. The minimum absolute atomic E-state index is 0.169. The van der Waals surface area contributed by atoms with Gasteiger partial charge in [0.1, 0.15) is 0 Å². The van der Waals surface area contributed by atoms with E-state index in [1.807, 2.05) is 18.2 Å². The quantitative estimate of drug-likeness (QED) is 0.661. The van der Waals surface area contributed by atoms with Crippen molar-refractivity contribution >= 4 is 15.9 Å². The van der Waals surface area contributed by atoms with Gasteiger partial charge in [0.05, 0.1) is 12.0 Å². The fourth-order valence-corrected chi connectivity index (χ4v) is 4.95. The zero-order valence-electron chi connectivity index (χ0n) is 17.3. The Morgan fingerprint density at radius 2 is 1.84 bits per heavy atom. The number of hydrogen-bond acceptors (Lipinski definition) is 7. The molecule has 162 valence electrons. The van der Waals surface area contributed by atoms with Crippen molar-refractivity contribution < 1.29 is 17.9 Å². The third-order valence-electron chi connectivity index (χ3n) is 5.63. The molecule has 1 fully saturated rings. The highest BCUT2D eigenvalue weighted by atomic mass is 32.2. The van der Waals surface area contributed by atoms with Crippen LogP contribution in [0.3, 0.4) is 0 Å². The van der Waals surface area contributed by atoms with Crippen LogP contribution >= 0.6 is 0 Å². The number of piperidine rings is 1. The van der Waals surface area contributed by atoms with E-state index >= 15 is 0 Å². The van der Waals surface area contributed by atoms with Crippen molar-refractivity contribution in [2.45, 2.75) is 23.7 Å². The van der Waals surface area contributed by atoms with Crippen LogP contribution < -0.4 is 0 Å². The van der Waals surface area contributed by atoms with Crippen molar-refractivity contribution in [1.82, 2.24) is 25.5 Å². The van der Waals surface area contributed by atoms with Crippen LogP contribution in [0.15, 0.2) is 47.4 Å². The Hall–Kier alpha value is -3.27. The number of rotatable bonds is 4. The topological polar surface area (TPSA) is 118 Å². The maximum atomic E-state index is 12.4. The number of amides is 1. The van der Waals surface area contributed by atoms with Gasteiger partial charge in [0.25, 0.3) is 0 Å². The van der Waals surface area contributed by atoms with Gasteiger partial charge in [0.15, 0.2) is 15.7 Å². The molecule has 0 bridgehead atoms. The van der Waals surface area contributed by atoms with E-state index in [0.29, 0.717) is 30.4 Å². The number of carbonyl (C=O) groups excluding carboxylic acids is 1. The van der Waals surface area contributed by atoms with E-state index in [2.05, 4.69) is 32.8 Å². The molecular weight excluding hydrogens is 418 g/mol. The van der Waals surface area contributed by atoms with Crippen molar-refractivity contribution in [2.75, 3.05) is 26.5 Å². The third kappa shape index (κ3) is 4.29. The Bertz CT molecular complexity index is 1170. The van der Waals surface area contributed by atoms with E-state index in [-0.39, 0.29) is 11.0 Å². The molecule has 10 heteroatoms. The van der Waals surface area contributed by atoms with Crippen LogP contribution in [0.2, 0.25) is 0 Å². The maximum Gasteiger partial charge on any atom is 0.409 e. The van der Waals surface area contributed by atoms with Crippen LogP contribution in [0.1, 0.15) is 24.3 Å². The fourth-order valence-electron chi connectivity index (χ4n) is 4.05. The lowest BCUT2D eigenvalue weighted by atomic mass is 9.88. The second-order valence-corrected chi connectivity index (χ2v) is 9.54. The number of tetrazole rings is 1. The smallest absolute Gasteiger partial charge is 0.409 e. The van der Waals surface area contributed by atoms with Gasteiger partial charge in [-0.15, -0.1) is 5.10 Å². The molecule has 3 aromatic rings. The molecule has 31 heavy (non-hydrogen) atoms. The Morgan fingerprint density at radius 3 is 2.42 bits per heavy atom. The number of carbonyl (C=O) groups is 1. The largest absolute Gasteiger partial charge is 0.453 e. The van der Waals surface area contributed by atoms with Gasteiger partial charge < -0.3 is 9.64 Å². The van der Waals surface area contributed by atoms with Crippen molar-refractivity contribution in [3.63, 3.8) is 0 Å². The second-order valence-electron chi connectivity index (χ2n) is 7.55. The molecule has 1 amide bonds. The van der Waals surface area contributed by atoms with Crippen LogP contribution in [-0.2, 0) is 14.6 Å². The number of nitrogens with one attached hydrogen (secondary N) is 1. The van der Waals surface area contributed by atoms with E-state index in [4.69, 9.17) is 4.74 Å². The average Bonchev–Trinajstić information content (AvgIpc) is 3.32. The Labute approximate surface area is 180 Å². The highest BCUT2D eigenvalue weighted by Gasteiger charge is 2.25. The summed E-state index contributed by atoms with van der Waals surface area (Å²) in [6.07, 6.45) is 2.62. The van der Waals surface area contributed by atoms with Gasteiger partial charge in [-0.25, -0.2) is 18.3 Å². The number of benzene rings is 2. The maximum absolute atomic E-state index is 12.4. The molecule has 1 saturated heterocycles. The molecule has 0 aliphatic carbocycles. The number of likely N-dealkylation sites (tertiary alicyclic amines) is 1. The molecule has 2 heterocycles. The fraction of sp³-hybridized carbons (Fsp3) is 0.333. The number of sulfone groups is 1. The van der Waals surface area contributed by atoms with E-state index < -0.39 is 9.84 Å². The van der Waals surface area contributed by atoms with E-state index in [9.17, 15) is 13.2 Å². The first-order valence-corrected chi connectivity index (χ1v) is 11.8. The van der Waals surface area contributed by atoms with Crippen LogP contribution in [0.4, 0.5) is 4.79 Å². The van der Waals surface area contributed by atoms with Crippen molar-refractivity contribution in [3.8, 4) is 22.5 Å². The molecule has 1 N–H and O–H groups in total. The zero-order valence-corrected chi connectivity index (χ0v) is 18.1. The van der Waals surface area contributed by atoms with Gasteiger partial charge in [-0.05, 0) is 51.9 Å². The summed E-state index contributed by atoms with van der Waals surface area (Å²) in [5.74, 6) is 0.658. The van der Waals surface area contributed by atoms with Gasteiger partial charge >= 0.3 is 6.09 Å². The molecule has 1 aliphatic heterocycles. The minimum Gasteiger partial charge on any atom is -0.453 e. The van der Waals surface area contributed by atoms with Gasteiger partial charge in [-0.1, -0.05) is 36.4 Å². The summed E-state index contributed by atoms with van der Waals surface area (Å²) in [5, 5.41) is 13.8. The predicted octanol–water partition coefficient (Wildman–Crippen LogP) is 2.88. The van der Waals surface area contributed by atoms with Crippen LogP contribution in [0.5, 0.6) is 0 Å². The summed E-state index contributed by atoms with van der Waals surface area (Å²) in [7, 11) is -2.09. The summed E-state index contributed by atoms with van der Waals surface area (Å²) >= 11 is 0. The lowest BCUT2D eigenvalue weighted by molar-refractivity contribution is 0.112. The molecular formula is C21H23N5O4S. The van der Waals surface area contributed by atoms with Crippen molar-refractivity contribution in [3.05, 3.63) is 48.0 Å². The Morgan fingerprint density at radius 1 is 1.13 bits per heavy atom. The molecule has 1 aromatic heterocycles. The monoisotopic (exact) mass is 441 g/mol.